The second-order valence-electron chi connectivity index (χ2n) is 4.71. The van der Waals surface area contributed by atoms with Crippen molar-refractivity contribution in [2.24, 2.45) is 0 Å². The first-order valence-corrected chi connectivity index (χ1v) is 8.65. The van der Waals surface area contributed by atoms with Gasteiger partial charge < -0.3 is 4.74 Å². The van der Waals surface area contributed by atoms with Crippen molar-refractivity contribution in [3.05, 3.63) is 57.6 Å². The summed E-state index contributed by atoms with van der Waals surface area (Å²) in [6.45, 7) is 1.88. The molecule has 2 aromatic carbocycles. The van der Waals surface area contributed by atoms with Gasteiger partial charge in [0.25, 0.3) is 0 Å². The third kappa shape index (κ3) is 3.93. The molecule has 0 aliphatic carbocycles. The number of hydrogen-bond donors (Lipinski definition) is 1. The maximum atomic E-state index is 12.5. The first-order valence-electron chi connectivity index (χ1n) is 6.42. The quantitative estimate of drug-likeness (QED) is 0.883. The third-order valence-corrected chi connectivity index (χ3v) is 5.09. The Labute approximate surface area is 140 Å². The number of benzene rings is 2. The molecule has 0 aliphatic rings. The van der Waals surface area contributed by atoms with E-state index in [4.69, 9.17) is 27.9 Å². The van der Waals surface area contributed by atoms with E-state index in [9.17, 15) is 8.42 Å². The molecule has 22 heavy (non-hydrogen) atoms. The van der Waals surface area contributed by atoms with E-state index in [-0.39, 0.29) is 11.4 Å². The van der Waals surface area contributed by atoms with Gasteiger partial charge in [0, 0.05) is 16.6 Å². The Kier molecular flexibility index (Phi) is 5.34. The Hall–Kier alpha value is -1.27. The summed E-state index contributed by atoms with van der Waals surface area (Å²) >= 11 is 11.9. The third-order valence-electron chi connectivity index (χ3n) is 3.08. The highest BCUT2D eigenvalue weighted by Gasteiger charge is 2.19. The van der Waals surface area contributed by atoms with Gasteiger partial charge in [-0.1, -0.05) is 35.3 Å². The lowest BCUT2D eigenvalue weighted by Crippen LogP contribution is -2.24. The van der Waals surface area contributed by atoms with E-state index in [2.05, 4.69) is 4.72 Å². The highest BCUT2D eigenvalue weighted by Crippen LogP contribution is 2.26. The fraction of sp³-hybridized carbons (Fsp3) is 0.200. The van der Waals surface area contributed by atoms with Crippen molar-refractivity contribution in [2.75, 3.05) is 7.11 Å². The smallest absolute Gasteiger partial charge is 0.244 e. The van der Waals surface area contributed by atoms with Crippen LogP contribution >= 0.6 is 23.2 Å². The van der Waals surface area contributed by atoms with E-state index in [0.29, 0.717) is 21.4 Å². The normalized spacial score (nSPS) is 11.5. The minimum absolute atomic E-state index is 0.0649. The van der Waals surface area contributed by atoms with Crippen LogP contribution in [0.2, 0.25) is 10.0 Å². The Morgan fingerprint density at radius 3 is 2.50 bits per heavy atom. The van der Waals surface area contributed by atoms with Crippen LogP contribution in [0.25, 0.3) is 0 Å². The molecule has 0 spiro atoms. The first-order chi connectivity index (χ1) is 10.3. The molecular weight excluding hydrogens is 345 g/mol. The van der Waals surface area contributed by atoms with E-state index in [1.54, 1.807) is 36.4 Å². The van der Waals surface area contributed by atoms with Gasteiger partial charge in [-0.25, -0.2) is 13.1 Å². The monoisotopic (exact) mass is 359 g/mol. The summed E-state index contributed by atoms with van der Waals surface area (Å²) in [5, 5.41) is 0.906. The fourth-order valence-electron chi connectivity index (χ4n) is 1.91. The van der Waals surface area contributed by atoms with Crippen LogP contribution in [0.3, 0.4) is 0 Å². The van der Waals surface area contributed by atoms with Crippen LogP contribution in [0.15, 0.2) is 41.3 Å². The van der Waals surface area contributed by atoms with Crippen LogP contribution in [0.4, 0.5) is 0 Å². The maximum Gasteiger partial charge on any atom is 0.244 e. The van der Waals surface area contributed by atoms with E-state index < -0.39 is 10.0 Å². The molecule has 0 radical (unpaired) electrons. The van der Waals surface area contributed by atoms with Crippen molar-refractivity contribution in [1.29, 1.82) is 0 Å². The van der Waals surface area contributed by atoms with Crippen molar-refractivity contribution in [3.8, 4) is 5.75 Å². The van der Waals surface area contributed by atoms with Gasteiger partial charge in [-0.15, -0.1) is 0 Å². The Bertz CT molecular complexity index is 791. The molecule has 0 heterocycles. The van der Waals surface area contributed by atoms with E-state index >= 15 is 0 Å². The standard InChI is InChI=1S/C15H15Cl2NO3S/c1-10-3-6-14(21-2)15(7-10)22(19,20)18-9-11-4-5-12(16)8-13(11)17/h3-8,18H,9H2,1-2H3. The summed E-state index contributed by atoms with van der Waals surface area (Å²) in [6, 6.07) is 9.88. The van der Waals surface area contributed by atoms with E-state index in [1.807, 2.05) is 6.92 Å². The van der Waals surface area contributed by atoms with Gasteiger partial charge in [0.2, 0.25) is 10.0 Å². The molecule has 7 heteroatoms. The van der Waals surface area contributed by atoms with Gasteiger partial charge in [0.1, 0.15) is 10.6 Å². The molecule has 0 saturated carbocycles. The molecule has 0 aliphatic heterocycles. The maximum absolute atomic E-state index is 12.5. The molecule has 0 bridgehead atoms. The molecule has 0 fully saturated rings. The molecular formula is C15H15Cl2NO3S. The average molecular weight is 360 g/mol. The van der Waals surface area contributed by atoms with Gasteiger partial charge >= 0.3 is 0 Å². The highest BCUT2D eigenvalue weighted by atomic mass is 35.5. The molecule has 0 saturated heterocycles. The molecule has 0 aromatic heterocycles. The minimum atomic E-state index is -3.72. The van der Waals surface area contributed by atoms with Crippen LogP contribution in [0.1, 0.15) is 11.1 Å². The SMILES string of the molecule is COc1ccc(C)cc1S(=O)(=O)NCc1ccc(Cl)cc1Cl. The number of nitrogens with one attached hydrogen (secondary N) is 1. The summed E-state index contributed by atoms with van der Waals surface area (Å²) < 4.78 is 32.5. The molecule has 2 rings (SSSR count). The second-order valence-corrected chi connectivity index (χ2v) is 7.29. The summed E-state index contributed by atoms with van der Waals surface area (Å²) in [5.74, 6) is 0.292. The van der Waals surface area contributed by atoms with Crippen LogP contribution in [0.5, 0.6) is 5.75 Å². The number of hydrogen-bond acceptors (Lipinski definition) is 3. The molecule has 0 unspecified atom stereocenters. The number of rotatable bonds is 5. The second kappa shape index (κ2) is 6.87. The van der Waals surface area contributed by atoms with E-state index in [0.717, 1.165) is 5.56 Å². The fourth-order valence-corrected chi connectivity index (χ4v) is 3.64. The van der Waals surface area contributed by atoms with Gasteiger partial charge in [0.15, 0.2) is 0 Å². The van der Waals surface area contributed by atoms with Crippen molar-refractivity contribution < 1.29 is 13.2 Å². The predicted molar refractivity (Wildman–Crippen MR) is 88.2 cm³/mol. The molecule has 0 atom stereocenters. The summed E-state index contributed by atoms with van der Waals surface area (Å²) in [5.41, 5.74) is 1.46. The minimum Gasteiger partial charge on any atom is -0.495 e. The average Bonchev–Trinajstić information content (AvgIpc) is 2.46. The molecule has 2 aromatic rings. The zero-order valence-electron chi connectivity index (χ0n) is 12.1. The summed E-state index contributed by atoms with van der Waals surface area (Å²) in [7, 11) is -2.29. The van der Waals surface area contributed by atoms with Crippen molar-refractivity contribution in [1.82, 2.24) is 4.72 Å². The van der Waals surface area contributed by atoms with Gasteiger partial charge in [-0.3, -0.25) is 0 Å². The number of methoxy groups -OCH3 is 1. The van der Waals surface area contributed by atoms with Crippen LogP contribution in [-0.4, -0.2) is 15.5 Å². The molecule has 1 N–H and O–H groups in total. The predicted octanol–water partition coefficient (Wildman–Crippen LogP) is 3.79. The van der Waals surface area contributed by atoms with Crippen LogP contribution in [0, 0.1) is 6.92 Å². The van der Waals surface area contributed by atoms with Crippen LogP contribution < -0.4 is 9.46 Å². The zero-order chi connectivity index (χ0) is 16.3. The lowest BCUT2D eigenvalue weighted by molar-refractivity contribution is 0.402. The highest BCUT2D eigenvalue weighted by molar-refractivity contribution is 7.89. The van der Waals surface area contributed by atoms with Crippen molar-refractivity contribution >= 4 is 33.2 Å². The lowest BCUT2D eigenvalue weighted by atomic mass is 10.2. The number of aryl methyl sites for hydroxylation is 1. The Balaban J connectivity index is 2.26. The van der Waals surface area contributed by atoms with Gasteiger partial charge in [-0.05, 0) is 42.3 Å². The number of sulfonamides is 1. The Morgan fingerprint density at radius 1 is 1.14 bits per heavy atom. The topological polar surface area (TPSA) is 55.4 Å². The zero-order valence-corrected chi connectivity index (χ0v) is 14.4. The van der Waals surface area contributed by atoms with Crippen molar-refractivity contribution in [3.63, 3.8) is 0 Å². The first kappa shape index (κ1) is 17.1. The number of halogens is 2. The number of ether oxygens (including phenoxy) is 1. The summed E-state index contributed by atoms with van der Waals surface area (Å²) in [6.07, 6.45) is 0. The van der Waals surface area contributed by atoms with E-state index in [1.165, 1.54) is 7.11 Å². The largest absolute Gasteiger partial charge is 0.495 e. The van der Waals surface area contributed by atoms with Crippen LogP contribution in [-0.2, 0) is 16.6 Å². The van der Waals surface area contributed by atoms with Crippen molar-refractivity contribution in [2.45, 2.75) is 18.4 Å². The van der Waals surface area contributed by atoms with Gasteiger partial charge in [-0.2, -0.15) is 0 Å². The summed E-state index contributed by atoms with van der Waals surface area (Å²) in [4.78, 5) is 0.0973. The molecule has 0 amide bonds. The molecule has 4 nitrogen and oxygen atoms in total. The Morgan fingerprint density at radius 2 is 1.86 bits per heavy atom. The lowest BCUT2D eigenvalue weighted by Gasteiger charge is -2.12. The van der Waals surface area contributed by atoms with Gasteiger partial charge in [0.05, 0.1) is 7.11 Å². The molecule has 118 valence electrons.